The highest BCUT2D eigenvalue weighted by molar-refractivity contribution is 5.85. The smallest absolute Gasteiger partial charge is 0.305 e. The third kappa shape index (κ3) is 2.21. The van der Waals surface area contributed by atoms with Gasteiger partial charge in [-0.25, -0.2) is 0 Å². The summed E-state index contributed by atoms with van der Waals surface area (Å²) in [4.78, 5) is 23.6. The third-order valence-corrected chi connectivity index (χ3v) is 2.78. The fraction of sp³-hybridized carbons (Fsp3) is 0.333. The number of carbonyl (C=O) groups excluding carboxylic acids is 1. The molecule has 0 spiro atoms. The molecule has 1 atom stereocenters. The van der Waals surface area contributed by atoms with Gasteiger partial charge in [0.1, 0.15) is 0 Å². The predicted octanol–water partition coefficient (Wildman–Crippen LogP) is 1.26. The number of amides is 1. The monoisotopic (exact) mass is 219 g/mol. The zero-order valence-electron chi connectivity index (χ0n) is 8.80. The molecule has 1 aromatic carbocycles. The number of carbonyl (C=O) groups is 2. The second-order valence-corrected chi connectivity index (χ2v) is 3.96. The van der Waals surface area contributed by atoms with Gasteiger partial charge in [0, 0.05) is 13.0 Å². The molecular weight excluding hydrogens is 206 g/mol. The van der Waals surface area contributed by atoms with E-state index < -0.39 is 5.97 Å². The number of carboxylic acid groups (broad SMARTS) is 1. The zero-order chi connectivity index (χ0) is 11.5. The fourth-order valence-corrected chi connectivity index (χ4v) is 1.90. The molecule has 2 rings (SSSR count). The Morgan fingerprint density at radius 1 is 1.38 bits per heavy atom. The van der Waals surface area contributed by atoms with Crippen LogP contribution in [0, 0.1) is 0 Å². The summed E-state index contributed by atoms with van der Waals surface area (Å²) < 4.78 is 0. The zero-order valence-corrected chi connectivity index (χ0v) is 8.80. The summed E-state index contributed by atoms with van der Waals surface area (Å²) in [5.41, 5.74) is 1.03. The van der Waals surface area contributed by atoms with Gasteiger partial charge in [0.25, 0.3) is 0 Å². The average molecular weight is 219 g/mol. The lowest BCUT2D eigenvalue weighted by atomic mass is 9.97. The standard InChI is InChI=1S/C12H13NO3/c14-11-6-10(7-12(15)16)13(11)8-9-4-2-1-3-5-9/h1-5,10H,6-8H2,(H,15,16). The van der Waals surface area contributed by atoms with E-state index in [1.54, 1.807) is 4.90 Å². The van der Waals surface area contributed by atoms with Crippen molar-refractivity contribution in [1.82, 2.24) is 4.90 Å². The molecule has 1 saturated heterocycles. The Balaban J connectivity index is 1.98. The molecule has 1 aliphatic heterocycles. The van der Waals surface area contributed by atoms with Crippen LogP contribution in [0.3, 0.4) is 0 Å². The van der Waals surface area contributed by atoms with Gasteiger partial charge >= 0.3 is 5.97 Å². The van der Waals surface area contributed by atoms with Crippen LogP contribution in [0.4, 0.5) is 0 Å². The molecule has 4 nitrogen and oxygen atoms in total. The van der Waals surface area contributed by atoms with Crippen LogP contribution < -0.4 is 0 Å². The first kappa shape index (κ1) is 10.7. The Kier molecular flexibility index (Phi) is 2.90. The van der Waals surface area contributed by atoms with E-state index in [-0.39, 0.29) is 18.4 Å². The molecule has 84 valence electrons. The molecule has 1 N–H and O–H groups in total. The lowest BCUT2D eigenvalue weighted by molar-refractivity contribution is -0.151. The number of rotatable bonds is 4. The molecule has 1 heterocycles. The molecule has 1 aromatic rings. The average Bonchev–Trinajstić information content (AvgIpc) is 2.26. The Labute approximate surface area is 93.5 Å². The van der Waals surface area contributed by atoms with Crippen LogP contribution in [0.1, 0.15) is 18.4 Å². The number of hydrogen-bond acceptors (Lipinski definition) is 2. The summed E-state index contributed by atoms with van der Waals surface area (Å²) in [6.45, 7) is 0.512. The maximum Gasteiger partial charge on any atom is 0.305 e. The van der Waals surface area contributed by atoms with Gasteiger partial charge in [-0.05, 0) is 5.56 Å². The van der Waals surface area contributed by atoms with Crippen LogP contribution in [0.25, 0.3) is 0 Å². The third-order valence-electron chi connectivity index (χ3n) is 2.78. The first-order valence-electron chi connectivity index (χ1n) is 5.22. The van der Waals surface area contributed by atoms with Crippen molar-refractivity contribution in [2.45, 2.75) is 25.4 Å². The van der Waals surface area contributed by atoms with Gasteiger partial charge < -0.3 is 10.0 Å². The van der Waals surface area contributed by atoms with E-state index in [9.17, 15) is 9.59 Å². The molecular formula is C12H13NO3. The fourth-order valence-electron chi connectivity index (χ4n) is 1.90. The van der Waals surface area contributed by atoms with Crippen LogP contribution in [-0.4, -0.2) is 27.9 Å². The van der Waals surface area contributed by atoms with Crippen molar-refractivity contribution in [2.24, 2.45) is 0 Å². The van der Waals surface area contributed by atoms with E-state index in [0.29, 0.717) is 13.0 Å². The van der Waals surface area contributed by atoms with Crippen molar-refractivity contribution >= 4 is 11.9 Å². The quantitative estimate of drug-likeness (QED) is 0.775. The SMILES string of the molecule is O=C(O)CC1CC(=O)N1Cc1ccccc1. The highest BCUT2D eigenvalue weighted by atomic mass is 16.4. The minimum absolute atomic E-state index is 0.0371. The van der Waals surface area contributed by atoms with Crippen molar-refractivity contribution in [3.8, 4) is 0 Å². The van der Waals surface area contributed by atoms with Crippen LogP contribution in [0.2, 0.25) is 0 Å². The minimum Gasteiger partial charge on any atom is -0.481 e. The minimum atomic E-state index is -0.851. The first-order valence-corrected chi connectivity index (χ1v) is 5.22. The number of nitrogens with zero attached hydrogens (tertiary/aromatic N) is 1. The van der Waals surface area contributed by atoms with E-state index in [0.717, 1.165) is 5.56 Å². The molecule has 0 saturated carbocycles. The first-order chi connectivity index (χ1) is 7.66. The van der Waals surface area contributed by atoms with Crippen LogP contribution in [-0.2, 0) is 16.1 Å². The van der Waals surface area contributed by atoms with Crippen LogP contribution in [0.15, 0.2) is 30.3 Å². The van der Waals surface area contributed by atoms with Crippen LogP contribution >= 0.6 is 0 Å². The van der Waals surface area contributed by atoms with Crippen molar-refractivity contribution < 1.29 is 14.7 Å². The summed E-state index contributed by atoms with van der Waals surface area (Å²) >= 11 is 0. The van der Waals surface area contributed by atoms with Crippen molar-refractivity contribution in [3.63, 3.8) is 0 Å². The number of benzene rings is 1. The molecule has 0 bridgehead atoms. The number of carboxylic acids is 1. The van der Waals surface area contributed by atoms with Crippen molar-refractivity contribution in [3.05, 3.63) is 35.9 Å². The van der Waals surface area contributed by atoms with E-state index >= 15 is 0 Å². The number of aliphatic carboxylic acids is 1. The normalized spacial score (nSPS) is 19.4. The van der Waals surface area contributed by atoms with E-state index in [1.165, 1.54) is 0 Å². The van der Waals surface area contributed by atoms with E-state index in [1.807, 2.05) is 30.3 Å². The number of likely N-dealkylation sites (tertiary alicyclic amines) is 1. The lowest BCUT2D eigenvalue weighted by Crippen LogP contribution is -2.52. The van der Waals surface area contributed by atoms with E-state index in [2.05, 4.69) is 0 Å². The topological polar surface area (TPSA) is 57.6 Å². The molecule has 0 aromatic heterocycles. The second kappa shape index (κ2) is 4.35. The summed E-state index contributed by atoms with van der Waals surface area (Å²) in [7, 11) is 0. The van der Waals surface area contributed by atoms with Gasteiger partial charge in [-0.15, -0.1) is 0 Å². The molecule has 4 heteroatoms. The predicted molar refractivity (Wildman–Crippen MR) is 57.6 cm³/mol. The highest BCUT2D eigenvalue weighted by Gasteiger charge is 2.36. The molecule has 1 aliphatic rings. The van der Waals surface area contributed by atoms with Gasteiger partial charge in [0.05, 0.1) is 12.5 Å². The molecule has 0 radical (unpaired) electrons. The van der Waals surface area contributed by atoms with Gasteiger partial charge in [0.2, 0.25) is 5.91 Å². The summed E-state index contributed by atoms with van der Waals surface area (Å²) in [5.74, 6) is -0.814. The van der Waals surface area contributed by atoms with Gasteiger partial charge in [-0.2, -0.15) is 0 Å². The molecule has 16 heavy (non-hydrogen) atoms. The summed E-state index contributed by atoms with van der Waals surface area (Å²) in [5, 5.41) is 8.68. The molecule has 0 aliphatic carbocycles. The second-order valence-electron chi connectivity index (χ2n) is 3.96. The van der Waals surface area contributed by atoms with Crippen molar-refractivity contribution in [1.29, 1.82) is 0 Å². The Hall–Kier alpha value is -1.84. The summed E-state index contributed by atoms with van der Waals surface area (Å²) in [6, 6.07) is 9.46. The Morgan fingerprint density at radius 2 is 2.06 bits per heavy atom. The summed E-state index contributed by atoms with van der Waals surface area (Å²) in [6.07, 6.45) is 0.401. The maximum absolute atomic E-state index is 11.4. The number of hydrogen-bond donors (Lipinski definition) is 1. The van der Waals surface area contributed by atoms with Crippen LogP contribution in [0.5, 0.6) is 0 Å². The van der Waals surface area contributed by atoms with Gasteiger partial charge in [-0.3, -0.25) is 9.59 Å². The van der Waals surface area contributed by atoms with Gasteiger partial charge in [0.15, 0.2) is 0 Å². The molecule has 1 unspecified atom stereocenters. The maximum atomic E-state index is 11.4. The van der Waals surface area contributed by atoms with Crippen molar-refractivity contribution in [2.75, 3.05) is 0 Å². The highest BCUT2D eigenvalue weighted by Crippen LogP contribution is 2.24. The lowest BCUT2D eigenvalue weighted by Gasteiger charge is -2.39. The molecule has 1 amide bonds. The number of β-lactam (4-membered cyclic amide) rings is 1. The largest absolute Gasteiger partial charge is 0.481 e. The molecule has 1 fully saturated rings. The Morgan fingerprint density at radius 3 is 2.62 bits per heavy atom. The Bertz CT molecular complexity index is 402. The van der Waals surface area contributed by atoms with E-state index in [4.69, 9.17) is 5.11 Å². The van der Waals surface area contributed by atoms with Gasteiger partial charge in [-0.1, -0.05) is 30.3 Å².